The van der Waals surface area contributed by atoms with Crippen LogP contribution in [-0.2, 0) is 15.6 Å². The van der Waals surface area contributed by atoms with Gasteiger partial charge in [-0.2, -0.15) is 0 Å². The zero-order chi connectivity index (χ0) is 22.3. The van der Waals surface area contributed by atoms with Crippen LogP contribution in [-0.4, -0.2) is 36.3 Å². The third kappa shape index (κ3) is 3.13. The summed E-state index contributed by atoms with van der Waals surface area (Å²) in [6, 6.07) is 12.7. The van der Waals surface area contributed by atoms with Crippen molar-refractivity contribution in [2.24, 2.45) is 0 Å². The molecule has 0 spiro atoms. The molecule has 4 heterocycles. The maximum atomic E-state index is 12.1. The second kappa shape index (κ2) is 7.62. The molecule has 2 aliphatic rings. The summed E-state index contributed by atoms with van der Waals surface area (Å²) in [5.41, 5.74) is 6.62. The fourth-order valence-electron chi connectivity index (χ4n) is 5.42. The average Bonchev–Trinajstić information content (AvgIpc) is 2.84. The highest BCUT2D eigenvalue weighted by molar-refractivity contribution is 5.87. The van der Waals surface area contributed by atoms with Crippen molar-refractivity contribution in [3.8, 4) is 0 Å². The number of hydrogen-bond donors (Lipinski definition) is 1. The van der Waals surface area contributed by atoms with Crippen LogP contribution in [0.3, 0.4) is 0 Å². The highest BCUT2D eigenvalue weighted by Gasteiger charge is 2.45. The Morgan fingerprint density at radius 3 is 1.81 bits per heavy atom. The molecule has 2 aromatic heterocycles. The number of carbonyl (C=O) groups is 1. The SMILES string of the molecule is COC(=O)Nc1cc2c3c(c1)C(C)(c1ccncc1)CCN3CCC2(C)c1ccncc1. The summed E-state index contributed by atoms with van der Waals surface area (Å²) >= 11 is 0. The van der Waals surface area contributed by atoms with Crippen molar-refractivity contribution < 1.29 is 9.53 Å². The Kier molecular flexibility index (Phi) is 4.88. The third-order valence-electron chi connectivity index (χ3n) is 7.45. The van der Waals surface area contributed by atoms with Crippen LogP contribution in [0.4, 0.5) is 16.2 Å². The summed E-state index contributed by atoms with van der Waals surface area (Å²) in [5, 5.41) is 2.93. The van der Waals surface area contributed by atoms with Crippen molar-refractivity contribution in [1.29, 1.82) is 0 Å². The molecular weight excluding hydrogens is 400 g/mol. The van der Waals surface area contributed by atoms with Crippen LogP contribution >= 0.6 is 0 Å². The van der Waals surface area contributed by atoms with E-state index < -0.39 is 6.09 Å². The summed E-state index contributed by atoms with van der Waals surface area (Å²) in [7, 11) is 1.39. The molecule has 6 nitrogen and oxygen atoms in total. The summed E-state index contributed by atoms with van der Waals surface area (Å²) < 4.78 is 4.90. The molecule has 2 atom stereocenters. The average molecular weight is 429 g/mol. The van der Waals surface area contributed by atoms with Gasteiger partial charge < -0.3 is 9.64 Å². The molecule has 1 aromatic carbocycles. The van der Waals surface area contributed by atoms with Crippen molar-refractivity contribution in [1.82, 2.24) is 9.97 Å². The van der Waals surface area contributed by atoms with Gasteiger partial charge >= 0.3 is 6.09 Å². The molecule has 32 heavy (non-hydrogen) atoms. The highest BCUT2D eigenvalue weighted by atomic mass is 16.5. The van der Waals surface area contributed by atoms with E-state index in [1.807, 2.05) is 24.8 Å². The van der Waals surface area contributed by atoms with Gasteiger partial charge in [-0.1, -0.05) is 13.8 Å². The Hall–Kier alpha value is -3.41. The van der Waals surface area contributed by atoms with E-state index in [-0.39, 0.29) is 10.8 Å². The lowest BCUT2D eigenvalue weighted by molar-refractivity contribution is 0.187. The standard InChI is InChI=1S/C26H28N4O2/c1-25(18-4-10-27-11-5-18)8-14-30-15-9-26(2,19-6-12-28-13-7-19)22-17-20(29-24(31)32-3)16-21(25)23(22)30/h4-7,10-13,16-17H,8-9,14-15H2,1-3H3,(H,29,31). The largest absolute Gasteiger partial charge is 0.453 e. The van der Waals surface area contributed by atoms with Crippen LogP contribution in [0.1, 0.15) is 48.9 Å². The minimum Gasteiger partial charge on any atom is -0.453 e. The van der Waals surface area contributed by atoms with Crippen molar-refractivity contribution in [2.45, 2.75) is 37.5 Å². The van der Waals surface area contributed by atoms with E-state index in [1.54, 1.807) is 0 Å². The summed E-state index contributed by atoms with van der Waals surface area (Å²) in [5.74, 6) is 0. The van der Waals surface area contributed by atoms with E-state index >= 15 is 0 Å². The summed E-state index contributed by atoms with van der Waals surface area (Å²) in [6.07, 6.45) is 8.97. The predicted molar refractivity (Wildman–Crippen MR) is 125 cm³/mol. The van der Waals surface area contributed by atoms with Crippen LogP contribution in [0.25, 0.3) is 0 Å². The van der Waals surface area contributed by atoms with Crippen LogP contribution < -0.4 is 10.2 Å². The zero-order valence-electron chi connectivity index (χ0n) is 18.8. The van der Waals surface area contributed by atoms with Gasteiger partial charge in [-0.25, -0.2) is 4.79 Å². The molecule has 164 valence electrons. The molecule has 1 N–H and O–H groups in total. The van der Waals surface area contributed by atoms with E-state index in [0.29, 0.717) is 0 Å². The van der Waals surface area contributed by atoms with Gasteiger partial charge in [0.05, 0.1) is 7.11 Å². The quantitative estimate of drug-likeness (QED) is 0.644. The number of aromatic nitrogens is 2. The van der Waals surface area contributed by atoms with E-state index in [2.05, 4.69) is 70.4 Å². The maximum Gasteiger partial charge on any atom is 0.411 e. The second-order valence-corrected chi connectivity index (χ2v) is 9.16. The van der Waals surface area contributed by atoms with Crippen LogP contribution in [0.5, 0.6) is 0 Å². The predicted octanol–water partition coefficient (Wildman–Crippen LogP) is 4.88. The Bertz CT molecular complexity index is 1070. The molecule has 0 fully saturated rings. The topological polar surface area (TPSA) is 67.3 Å². The first-order valence-electron chi connectivity index (χ1n) is 11.1. The van der Waals surface area contributed by atoms with E-state index in [0.717, 1.165) is 31.6 Å². The lowest BCUT2D eigenvalue weighted by Gasteiger charge is -2.50. The Morgan fingerprint density at radius 2 is 1.38 bits per heavy atom. The molecule has 2 aliphatic heterocycles. The number of nitrogens with zero attached hydrogens (tertiary/aromatic N) is 3. The second-order valence-electron chi connectivity index (χ2n) is 9.16. The fraction of sp³-hybridized carbons (Fsp3) is 0.346. The van der Waals surface area contributed by atoms with E-state index in [1.165, 1.54) is 35.1 Å². The monoisotopic (exact) mass is 428 g/mol. The molecule has 0 saturated heterocycles. The molecule has 0 bridgehead atoms. The number of rotatable bonds is 3. The summed E-state index contributed by atoms with van der Waals surface area (Å²) in [4.78, 5) is 23.1. The van der Waals surface area contributed by atoms with Crippen molar-refractivity contribution >= 4 is 17.5 Å². The Labute approximate surface area is 188 Å². The van der Waals surface area contributed by atoms with Crippen molar-refractivity contribution in [2.75, 3.05) is 30.4 Å². The number of carbonyl (C=O) groups excluding carboxylic acids is 1. The highest BCUT2D eigenvalue weighted by Crippen LogP contribution is 2.53. The number of nitrogens with one attached hydrogen (secondary N) is 1. The fourth-order valence-corrected chi connectivity index (χ4v) is 5.42. The Balaban J connectivity index is 1.77. The molecule has 1 amide bonds. The lowest BCUT2D eigenvalue weighted by Crippen LogP contribution is -2.47. The third-order valence-corrected chi connectivity index (χ3v) is 7.45. The van der Waals surface area contributed by atoms with Gasteiger partial charge in [0.15, 0.2) is 0 Å². The van der Waals surface area contributed by atoms with Gasteiger partial charge in [0, 0.05) is 60.1 Å². The molecule has 0 aliphatic carbocycles. The smallest absolute Gasteiger partial charge is 0.411 e. The normalized spacial score (nSPS) is 23.9. The first-order valence-corrected chi connectivity index (χ1v) is 11.1. The van der Waals surface area contributed by atoms with Crippen LogP contribution in [0.15, 0.2) is 61.2 Å². The zero-order valence-corrected chi connectivity index (χ0v) is 18.8. The molecular formula is C26H28N4O2. The van der Waals surface area contributed by atoms with Crippen molar-refractivity contribution in [3.05, 3.63) is 83.4 Å². The molecule has 3 aromatic rings. The summed E-state index contributed by atoms with van der Waals surface area (Å²) in [6.45, 7) is 6.59. The van der Waals surface area contributed by atoms with Gasteiger partial charge in [-0.15, -0.1) is 0 Å². The van der Waals surface area contributed by atoms with Crippen LogP contribution in [0, 0.1) is 0 Å². The Morgan fingerprint density at radius 1 is 0.906 bits per heavy atom. The molecule has 5 rings (SSSR count). The van der Waals surface area contributed by atoms with Crippen molar-refractivity contribution in [3.63, 3.8) is 0 Å². The first kappa shape index (κ1) is 20.5. The van der Waals surface area contributed by atoms with Gasteiger partial charge in [0.1, 0.15) is 0 Å². The number of pyridine rings is 2. The first-order chi connectivity index (χ1) is 15.5. The molecule has 0 saturated carbocycles. The number of methoxy groups -OCH3 is 1. The van der Waals surface area contributed by atoms with Gasteiger partial charge in [0.2, 0.25) is 0 Å². The minimum atomic E-state index is -0.461. The molecule has 0 radical (unpaired) electrons. The lowest BCUT2D eigenvalue weighted by atomic mass is 9.64. The van der Waals surface area contributed by atoms with Crippen LogP contribution in [0.2, 0.25) is 0 Å². The van der Waals surface area contributed by atoms with E-state index in [4.69, 9.17) is 4.74 Å². The van der Waals surface area contributed by atoms with Gasteiger partial charge in [0.25, 0.3) is 0 Å². The minimum absolute atomic E-state index is 0.187. The number of hydrogen-bond acceptors (Lipinski definition) is 5. The number of ether oxygens (including phenoxy) is 1. The number of amides is 1. The number of benzene rings is 1. The molecule has 2 unspecified atom stereocenters. The molecule has 6 heteroatoms. The van der Waals surface area contributed by atoms with Gasteiger partial charge in [-0.05, 0) is 71.5 Å². The maximum absolute atomic E-state index is 12.1. The van der Waals surface area contributed by atoms with Gasteiger partial charge in [-0.3, -0.25) is 15.3 Å². The number of anilines is 2. The van der Waals surface area contributed by atoms with E-state index in [9.17, 15) is 4.79 Å².